The molecule has 0 saturated carbocycles. The van der Waals surface area contributed by atoms with E-state index < -0.39 is 0 Å². The van der Waals surface area contributed by atoms with E-state index >= 15 is 0 Å². The molecule has 0 aromatic heterocycles. The molecule has 2 unspecified atom stereocenters. The highest BCUT2D eigenvalue weighted by Crippen LogP contribution is 2.16. The molecule has 2 aliphatic heterocycles. The fourth-order valence-electron chi connectivity index (χ4n) is 2.63. The summed E-state index contributed by atoms with van der Waals surface area (Å²) in [6.07, 6.45) is 4.31. The quantitative estimate of drug-likeness (QED) is 0.771. The highest BCUT2D eigenvalue weighted by Gasteiger charge is 2.25. The Kier molecular flexibility index (Phi) is 4.80. The van der Waals surface area contributed by atoms with Crippen LogP contribution in [0.2, 0.25) is 0 Å². The zero-order valence-corrected chi connectivity index (χ0v) is 10.7. The normalized spacial score (nSPS) is 31.1. The standard InChI is InChI=1S/C13H24N2O2/c1-10-2-5-14-12(8-10)13(16)15-9-11-3-6-17-7-4-11/h10-12,14H,2-9H2,1H3,(H,15,16). The van der Waals surface area contributed by atoms with E-state index in [9.17, 15) is 4.79 Å². The highest BCUT2D eigenvalue weighted by atomic mass is 16.5. The minimum atomic E-state index is 0.0265. The lowest BCUT2D eigenvalue weighted by Crippen LogP contribution is -2.49. The molecule has 2 heterocycles. The van der Waals surface area contributed by atoms with Crippen molar-refractivity contribution in [1.29, 1.82) is 0 Å². The molecule has 2 saturated heterocycles. The summed E-state index contributed by atoms with van der Waals surface area (Å²) < 4.78 is 5.31. The lowest BCUT2D eigenvalue weighted by atomic mass is 9.93. The highest BCUT2D eigenvalue weighted by molar-refractivity contribution is 5.81. The van der Waals surface area contributed by atoms with Crippen LogP contribution in [-0.2, 0) is 9.53 Å². The summed E-state index contributed by atoms with van der Waals surface area (Å²) in [7, 11) is 0. The van der Waals surface area contributed by atoms with E-state index in [-0.39, 0.29) is 11.9 Å². The van der Waals surface area contributed by atoms with Gasteiger partial charge in [-0.05, 0) is 44.1 Å². The third kappa shape index (κ3) is 3.96. The van der Waals surface area contributed by atoms with Gasteiger partial charge in [0.1, 0.15) is 0 Å². The second kappa shape index (κ2) is 6.36. The Morgan fingerprint density at radius 3 is 2.82 bits per heavy atom. The lowest BCUT2D eigenvalue weighted by Gasteiger charge is -2.28. The fraction of sp³-hybridized carbons (Fsp3) is 0.923. The summed E-state index contributed by atoms with van der Waals surface area (Å²) in [6.45, 7) is 5.70. The van der Waals surface area contributed by atoms with Crippen LogP contribution in [0.3, 0.4) is 0 Å². The number of hydrogen-bond acceptors (Lipinski definition) is 3. The van der Waals surface area contributed by atoms with E-state index in [2.05, 4.69) is 17.6 Å². The summed E-state index contributed by atoms with van der Waals surface area (Å²) in [6, 6.07) is 0.0265. The van der Waals surface area contributed by atoms with Crippen LogP contribution in [0.25, 0.3) is 0 Å². The first-order chi connectivity index (χ1) is 8.25. The van der Waals surface area contributed by atoms with E-state index in [1.807, 2.05) is 0 Å². The molecule has 0 aromatic carbocycles. The molecular weight excluding hydrogens is 216 g/mol. The number of carbonyl (C=O) groups excluding carboxylic acids is 1. The first kappa shape index (κ1) is 12.8. The van der Waals surface area contributed by atoms with Crippen LogP contribution in [0.15, 0.2) is 0 Å². The van der Waals surface area contributed by atoms with Crippen LogP contribution in [0, 0.1) is 11.8 Å². The van der Waals surface area contributed by atoms with E-state index in [4.69, 9.17) is 4.74 Å². The minimum Gasteiger partial charge on any atom is -0.381 e. The van der Waals surface area contributed by atoms with Gasteiger partial charge in [0.05, 0.1) is 6.04 Å². The molecule has 2 rings (SSSR count). The van der Waals surface area contributed by atoms with Crippen LogP contribution in [0.1, 0.15) is 32.6 Å². The molecule has 2 aliphatic rings. The molecule has 0 spiro atoms. The van der Waals surface area contributed by atoms with Crippen molar-refractivity contribution in [1.82, 2.24) is 10.6 Å². The smallest absolute Gasteiger partial charge is 0.237 e. The summed E-state index contributed by atoms with van der Waals surface area (Å²) in [4.78, 5) is 12.0. The monoisotopic (exact) mass is 240 g/mol. The van der Waals surface area contributed by atoms with Gasteiger partial charge in [0.2, 0.25) is 5.91 Å². The van der Waals surface area contributed by atoms with Gasteiger partial charge in [-0.25, -0.2) is 0 Å². The molecule has 0 bridgehead atoms. The van der Waals surface area contributed by atoms with Crippen LogP contribution in [-0.4, -0.2) is 38.3 Å². The molecule has 17 heavy (non-hydrogen) atoms. The Morgan fingerprint density at radius 1 is 1.35 bits per heavy atom. The Morgan fingerprint density at radius 2 is 2.12 bits per heavy atom. The molecule has 0 radical (unpaired) electrons. The third-order valence-electron chi connectivity index (χ3n) is 3.89. The first-order valence-electron chi connectivity index (χ1n) is 6.84. The number of carbonyl (C=O) groups is 1. The molecule has 4 heteroatoms. The molecule has 2 atom stereocenters. The first-order valence-corrected chi connectivity index (χ1v) is 6.84. The van der Waals surface area contributed by atoms with Gasteiger partial charge in [-0.15, -0.1) is 0 Å². The average Bonchev–Trinajstić information content (AvgIpc) is 2.37. The Hall–Kier alpha value is -0.610. The van der Waals surface area contributed by atoms with Gasteiger partial charge in [0.25, 0.3) is 0 Å². The van der Waals surface area contributed by atoms with E-state index in [1.54, 1.807) is 0 Å². The van der Waals surface area contributed by atoms with Crippen LogP contribution in [0.5, 0.6) is 0 Å². The third-order valence-corrected chi connectivity index (χ3v) is 3.89. The van der Waals surface area contributed by atoms with Crippen molar-refractivity contribution in [2.45, 2.75) is 38.6 Å². The Labute approximate surface area is 103 Å². The zero-order valence-electron chi connectivity index (χ0n) is 10.7. The van der Waals surface area contributed by atoms with E-state index in [0.29, 0.717) is 11.8 Å². The maximum absolute atomic E-state index is 12.0. The lowest BCUT2D eigenvalue weighted by molar-refractivity contribution is -0.124. The molecule has 2 N–H and O–H groups in total. The fourth-order valence-corrected chi connectivity index (χ4v) is 2.63. The van der Waals surface area contributed by atoms with Gasteiger partial charge in [0, 0.05) is 19.8 Å². The van der Waals surface area contributed by atoms with Crippen molar-refractivity contribution in [3.8, 4) is 0 Å². The number of piperidine rings is 1. The molecule has 98 valence electrons. The van der Waals surface area contributed by atoms with E-state index in [1.165, 1.54) is 6.42 Å². The predicted molar refractivity (Wildman–Crippen MR) is 66.7 cm³/mol. The molecule has 2 fully saturated rings. The topological polar surface area (TPSA) is 50.4 Å². The minimum absolute atomic E-state index is 0.0265. The second-order valence-corrected chi connectivity index (χ2v) is 5.44. The maximum Gasteiger partial charge on any atom is 0.237 e. The van der Waals surface area contributed by atoms with Crippen LogP contribution in [0.4, 0.5) is 0 Å². The van der Waals surface area contributed by atoms with Crippen molar-refractivity contribution in [2.75, 3.05) is 26.3 Å². The second-order valence-electron chi connectivity index (χ2n) is 5.44. The van der Waals surface area contributed by atoms with Crippen molar-refractivity contribution in [3.05, 3.63) is 0 Å². The van der Waals surface area contributed by atoms with Gasteiger partial charge in [-0.1, -0.05) is 6.92 Å². The van der Waals surface area contributed by atoms with Gasteiger partial charge in [-0.3, -0.25) is 4.79 Å². The average molecular weight is 240 g/mol. The number of rotatable bonds is 3. The molecule has 0 aliphatic carbocycles. The SMILES string of the molecule is CC1CCNC(C(=O)NCC2CCOCC2)C1. The van der Waals surface area contributed by atoms with Crippen molar-refractivity contribution in [2.24, 2.45) is 11.8 Å². The molecular formula is C13H24N2O2. The maximum atomic E-state index is 12.0. The van der Waals surface area contributed by atoms with Crippen molar-refractivity contribution >= 4 is 5.91 Å². The summed E-state index contributed by atoms with van der Waals surface area (Å²) >= 11 is 0. The number of hydrogen-bond donors (Lipinski definition) is 2. The molecule has 4 nitrogen and oxygen atoms in total. The summed E-state index contributed by atoms with van der Waals surface area (Å²) in [5, 5.41) is 6.39. The number of amides is 1. The Balaban J connectivity index is 1.69. The summed E-state index contributed by atoms with van der Waals surface area (Å²) in [5.41, 5.74) is 0. The largest absolute Gasteiger partial charge is 0.381 e. The zero-order chi connectivity index (χ0) is 12.1. The molecule has 0 aromatic rings. The summed E-state index contributed by atoms with van der Waals surface area (Å²) in [5.74, 6) is 1.45. The number of ether oxygens (including phenoxy) is 1. The van der Waals surface area contributed by atoms with Gasteiger partial charge < -0.3 is 15.4 Å². The van der Waals surface area contributed by atoms with Gasteiger partial charge >= 0.3 is 0 Å². The number of nitrogens with one attached hydrogen (secondary N) is 2. The van der Waals surface area contributed by atoms with Gasteiger partial charge in [0.15, 0.2) is 0 Å². The predicted octanol–water partition coefficient (Wildman–Crippen LogP) is 0.917. The van der Waals surface area contributed by atoms with E-state index in [0.717, 1.165) is 45.6 Å². The van der Waals surface area contributed by atoms with Crippen LogP contribution < -0.4 is 10.6 Å². The van der Waals surface area contributed by atoms with Gasteiger partial charge in [-0.2, -0.15) is 0 Å². The van der Waals surface area contributed by atoms with Crippen molar-refractivity contribution in [3.63, 3.8) is 0 Å². The van der Waals surface area contributed by atoms with Crippen LogP contribution >= 0.6 is 0 Å². The molecule has 1 amide bonds. The van der Waals surface area contributed by atoms with Crippen molar-refractivity contribution < 1.29 is 9.53 Å². The Bertz CT molecular complexity index is 252.